The number of para-hydroxylation sites is 5. The zero-order valence-electron chi connectivity index (χ0n) is 76.8. The number of aromatic nitrogens is 7. The first kappa shape index (κ1) is 107. The monoisotopic (exact) mass is 2710 g/mol. The number of ketones is 2. The fraction of sp³-hybridized carbons (Fsp3) is 0.0750. The quantitative estimate of drug-likeness (QED) is 0.0503. The van der Waals surface area contributed by atoms with Crippen molar-refractivity contribution in [1.29, 1.82) is 0 Å². The molecule has 701 valence electrons. The Kier molecular flexibility index (Phi) is 42.1. The van der Waals surface area contributed by atoms with E-state index in [1.807, 2.05) is 255 Å². The van der Waals surface area contributed by atoms with Gasteiger partial charge in [-0.25, -0.2) is 0 Å². The van der Waals surface area contributed by atoms with Crippen LogP contribution in [-0.4, -0.2) is 74.3 Å². The number of carbonyl (C=O) groups excluding carboxylic acids is 2. The van der Waals surface area contributed by atoms with Gasteiger partial charge in [-0.05, 0) is 205 Å². The Bertz CT molecular complexity index is 7130. The molecule has 19 heteroatoms. The van der Waals surface area contributed by atoms with E-state index in [4.69, 9.17) is 20.2 Å². The Hall–Kier alpha value is -13.6. The maximum atomic E-state index is 10.1. The van der Waals surface area contributed by atoms with Crippen LogP contribution in [0.1, 0.15) is 50.8 Å². The number of anilines is 4. The molecule has 1 aliphatic heterocycles. The van der Waals surface area contributed by atoms with Gasteiger partial charge in [0.15, 0.2) is 5.78 Å². The fourth-order valence-electron chi connectivity index (χ4n) is 15.2. The summed E-state index contributed by atoms with van der Waals surface area (Å²) in [6, 6.07) is 153. The van der Waals surface area contributed by atoms with E-state index in [-0.39, 0.29) is 126 Å². The molecule has 0 saturated heterocycles. The number of fused-ring (bicyclic) bond motifs is 4. The van der Waals surface area contributed by atoms with Crippen LogP contribution in [0.2, 0.25) is 0 Å². The normalized spacial score (nSPS) is 11.1. The van der Waals surface area contributed by atoms with Gasteiger partial charge in [-0.2, -0.15) is 37.0 Å². The summed E-state index contributed by atoms with van der Waals surface area (Å²) in [6.07, 6.45) is 13.1. The van der Waals surface area contributed by atoms with Crippen LogP contribution in [0.4, 0.5) is 22.7 Å². The fourth-order valence-corrected chi connectivity index (χ4v) is 15.2. The summed E-state index contributed by atoms with van der Waals surface area (Å²) in [5.41, 5.74) is 24.6. The van der Waals surface area contributed by atoms with Crippen molar-refractivity contribution >= 4 is 77.8 Å². The van der Waals surface area contributed by atoms with E-state index in [2.05, 4.69) is 255 Å². The third-order valence-electron chi connectivity index (χ3n) is 21.2. The number of rotatable bonds is 17. The molecule has 14 nitrogen and oxygen atoms in total. The molecule has 0 amide bonds. The predicted octanol–water partition coefficient (Wildman–Crippen LogP) is 27.6. The topological polar surface area (TPSA) is 167 Å². The molecule has 0 saturated carbocycles. The minimum absolute atomic E-state index is 0. The molecule has 0 spiro atoms. The predicted molar refractivity (Wildman–Crippen MR) is 545 cm³/mol. The van der Waals surface area contributed by atoms with Crippen molar-refractivity contribution in [2.45, 2.75) is 53.6 Å². The second kappa shape index (κ2) is 54.5. The average molecular weight is 2710 g/mol. The van der Waals surface area contributed by atoms with Gasteiger partial charge in [0.2, 0.25) is 0 Å². The smallest absolute Gasteiger partial charge is 0.512 e. The molecule has 2 N–H and O–H groups in total. The second-order valence-corrected chi connectivity index (χ2v) is 31.6. The minimum atomic E-state index is -0.475. The summed E-state index contributed by atoms with van der Waals surface area (Å²) >= 11 is 0. The zero-order valence-corrected chi connectivity index (χ0v) is 88.5. The maximum Gasteiger partial charge on any atom is 2.00 e. The number of pyridine rings is 5. The van der Waals surface area contributed by atoms with Crippen molar-refractivity contribution in [2.24, 2.45) is 0 Å². The summed E-state index contributed by atoms with van der Waals surface area (Å²) < 4.78 is 2.18. The minimum Gasteiger partial charge on any atom is -0.512 e. The van der Waals surface area contributed by atoms with E-state index < -0.39 is 6.10 Å². The van der Waals surface area contributed by atoms with Crippen LogP contribution >= 0.6 is 0 Å². The molecule has 7 heterocycles. The molecule has 0 fully saturated rings. The summed E-state index contributed by atoms with van der Waals surface area (Å²) in [6.45, 7) is 10.0. The van der Waals surface area contributed by atoms with Crippen molar-refractivity contribution in [1.82, 2.24) is 39.4 Å². The van der Waals surface area contributed by atoms with Crippen LogP contribution < -0.4 is 9.80 Å². The van der Waals surface area contributed by atoms with Crippen LogP contribution in [0, 0.1) is 56.1 Å². The number of allylic oxidation sites excluding steroid dienone is 2. The molecular weight excluding hydrogens is 2610 g/mol. The number of Topliss-reactive ketones (excluding diaryl/α,β-unsaturated/α-hetero) is 1. The van der Waals surface area contributed by atoms with Crippen LogP contribution in [0.15, 0.2) is 431 Å². The van der Waals surface area contributed by atoms with Gasteiger partial charge in [0, 0.05) is 109 Å². The first-order valence-corrected chi connectivity index (χ1v) is 44.0. The zero-order chi connectivity index (χ0) is 92.8. The number of nitrogens with zero attached hydrogens (tertiary/aromatic N) is 10. The average Bonchev–Trinajstić information content (AvgIpc) is 1.66. The summed E-state index contributed by atoms with van der Waals surface area (Å²) in [5.74, 6) is 0.894. The molecule has 20 aromatic rings. The number of hydrogen-bond acceptors (Lipinski definition) is 13. The van der Waals surface area contributed by atoms with Crippen molar-refractivity contribution in [3.8, 4) is 84.5 Å². The first-order chi connectivity index (χ1) is 65.6. The number of aliphatic hydroxyl groups excluding tert-OH is 2. The van der Waals surface area contributed by atoms with Crippen LogP contribution in [0.25, 0.3) is 128 Å². The van der Waals surface area contributed by atoms with E-state index in [0.717, 1.165) is 141 Å². The van der Waals surface area contributed by atoms with E-state index in [1.54, 1.807) is 19.3 Å². The van der Waals surface area contributed by atoms with Gasteiger partial charge in [0.1, 0.15) is 5.78 Å². The van der Waals surface area contributed by atoms with Gasteiger partial charge in [0.25, 0.3) is 0 Å². The standard InChI is InChI=1S/C34H23N3.C31H20N2.C19H13N2.C16H12N.C10H10N2.C5H10O2.C5H8O2.3Ir.2Pt/c1-2-10-26(11-3-1)27-18-20-30(21-19-27)37(31-14-8-12-28(24-31)33-16-4-6-22-35-33)32-15-9-13-29(25-32)34-17-5-7-23-36-34;1-3-13-28-24(9-1)15-17-32-30(28)26-11-5-7-22(20-26)19-23-8-6-12-27(21-23)31-29-14-4-2-10-25(29)16-18-33-31;1-3-9-15(10-4-1)19-20-17-13-7-8-14-18(17)21(19)16-11-5-2-6-12-16;1-12-11-14-9-5-6-10-15(14)17-16(12)13-7-3-2-4-8-13;1-11-7-8-12(9-11)10-5-3-2-4-6-10;2*1-4(6)3-5(2)7;;;;;/h1-23H;1-18H,19H2;1-9,11-14H;2-7,9-11H,1H3;2-5,7-9H,1H3;4,6H,3H2,1-2H3;3,6H,1-2H3;;;;;/q2*-2;2*-1;-2;;;;;;2*+2. The second-order valence-electron chi connectivity index (χ2n) is 31.6. The van der Waals surface area contributed by atoms with Crippen LogP contribution in [0.5, 0.6) is 0 Å². The third kappa shape index (κ3) is 30.0. The van der Waals surface area contributed by atoms with Gasteiger partial charge >= 0.3 is 42.1 Å². The molecule has 1 atom stereocenters. The number of imidazole rings is 1. The van der Waals surface area contributed by atoms with Crippen molar-refractivity contribution in [3.05, 3.63) is 497 Å². The van der Waals surface area contributed by atoms with E-state index >= 15 is 0 Å². The molecule has 6 aromatic heterocycles. The molecule has 14 aromatic carbocycles. The van der Waals surface area contributed by atoms with Gasteiger partial charge in [0.05, 0.1) is 34.2 Å². The van der Waals surface area contributed by atoms with Crippen molar-refractivity contribution < 1.29 is 122 Å². The molecular formula is C120H96Ir3N10O4Pt2-4. The molecule has 1 aliphatic rings. The van der Waals surface area contributed by atoms with Gasteiger partial charge in [-0.3, -0.25) is 19.6 Å². The number of hydrogen-bond donors (Lipinski definition) is 2. The van der Waals surface area contributed by atoms with Gasteiger partial charge in [-0.15, -0.1) is 208 Å². The Morgan fingerprint density at radius 1 is 0.432 bits per heavy atom. The molecule has 1 unspecified atom stereocenters. The van der Waals surface area contributed by atoms with E-state index in [0.29, 0.717) is 0 Å². The number of carbonyl (C=O) groups is 2. The van der Waals surface area contributed by atoms with Crippen molar-refractivity contribution in [3.63, 3.8) is 0 Å². The molecule has 21 rings (SSSR count). The van der Waals surface area contributed by atoms with E-state index in [1.165, 1.54) is 59.7 Å². The van der Waals surface area contributed by atoms with Crippen molar-refractivity contribution in [2.75, 3.05) is 16.8 Å². The molecule has 0 bridgehead atoms. The van der Waals surface area contributed by atoms with Crippen LogP contribution in [-0.2, 0) is 118 Å². The number of aryl methyl sites for hydroxylation is 1. The third-order valence-corrected chi connectivity index (χ3v) is 21.2. The number of benzene rings is 14. The Balaban J connectivity index is 0.000000178. The molecule has 3 radical (unpaired) electrons. The van der Waals surface area contributed by atoms with Gasteiger partial charge < -0.3 is 49.4 Å². The summed E-state index contributed by atoms with van der Waals surface area (Å²) in [5, 5.41) is 22.7. The Morgan fingerprint density at radius 2 is 0.906 bits per heavy atom. The summed E-state index contributed by atoms with van der Waals surface area (Å²) in [4.78, 5) is 54.2. The maximum absolute atomic E-state index is 10.1. The van der Waals surface area contributed by atoms with E-state index in [9.17, 15) is 9.59 Å². The van der Waals surface area contributed by atoms with Crippen LogP contribution in [0.3, 0.4) is 0 Å². The molecule has 139 heavy (non-hydrogen) atoms. The first-order valence-electron chi connectivity index (χ1n) is 44.0. The number of aliphatic hydroxyl groups is 2. The Morgan fingerprint density at radius 3 is 1.40 bits per heavy atom. The Labute approximate surface area is 883 Å². The van der Waals surface area contributed by atoms with Gasteiger partial charge in [-0.1, -0.05) is 175 Å². The largest absolute Gasteiger partial charge is 2.00 e. The summed E-state index contributed by atoms with van der Waals surface area (Å²) in [7, 11) is 2.00. The SMILES string of the molecule is CC(=O)C=C(C)O.CC(=O)CC(C)O.CN1C=CN(c2[c-]cccc2)[CH-]1.Cc1cc2ccccc2nc1-c1[c-]cccc1.[Ir].[Ir].[Ir].[Pt+2].[Pt+2].[c-]1c(-c2ccccn2)cccc1N(c1[c-]c(-c2ccccn2)ccc1)c1ccc(-c2ccccc2)cc1.[c-]1c(Cc2[c-]c(-c3nccc4ccccc34)ccc2)cccc1-c1nccc2ccccc12.[c-]1ccccc1-c1nc2ccccc2n1-c1ccccc1. The molecule has 0 aliphatic carbocycles.